The van der Waals surface area contributed by atoms with E-state index in [1.807, 2.05) is 6.07 Å². The van der Waals surface area contributed by atoms with Gasteiger partial charge in [0, 0.05) is 11.6 Å². The fraction of sp³-hybridized carbons (Fsp3) is 0.462. The van der Waals surface area contributed by atoms with Crippen LogP contribution in [-0.4, -0.2) is 18.2 Å². The third-order valence-electron chi connectivity index (χ3n) is 2.12. The third-order valence-corrected chi connectivity index (χ3v) is 2.35. The number of halogens is 1. The van der Waals surface area contributed by atoms with E-state index in [0.29, 0.717) is 5.02 Å². The Kier molecular flexibility index (Phi) is 5.60. The van der Waals surface area contributed by atoms with E-state index in [0.717, 1.165) is 5.56 Å². The highest BCUT2D eigenvalue weighted by Gasteiger charge is 2.18. The molecule has 0 saturated carbocycles. The van der Waals surface area contributed by atoms with Crippen LogP contribution in [0.1, 0.15) is 32.4 Å². The summed E-state index contributed by atoms with van der Waals surface area (Å²) in [5.41, 5.74) is 8.03. The number of rotatable bonds is 4. The van der Waals surface area contributed by atoms with Crippen LogP contribution in [0.2, 0.25) is 5.02 Å². The number of benzene rings is 1. The van der Waals surface area contributed by atoms with Gasteiger partial charge < -0.3 is 10.5 Å². The van der Waals surface area contributed by atoms with E-state index in [2.05, 4.69) is 5.48 Å². The molecule has 19 heavy (non-hydrogen) atoms. The van der Waals surface area contributed by atoms with Crippen LogP contribution in [0.3, 0.4) is 0 Å². The zero-order chi connectivity index (χ0) is 14.5. The molecule has 1 rings (SSSR count). The van der Waals surface area contributed by atoms with Gasteiger partial charge in [0.15, 0.2) is 0 Å². The minimum Gasteiger partial charge on any atom is -0.442 e. The van der Waals surface area contributed by atoms with Crippen molar-refractivity contribution >= 4 is 17.7 Å². The molecule has 0 radical (unpaired) electrons. The van der Waals surface area contributed by atoms with Crippen molar-refractivity contribution in [1.29, 1.82) is 0 Å². The predicted octanol–water partition coefficient (Wildman–Crippen LogP) is 2.80. The molecule has 0 spiro atoms. The van der Waals surface area contributed by atoms with Gasteiger partial charge in [0.05, 0.1) is 0 Å². The number of nitrogens with one attached hydrogen (secondary N) is 1. The second-order valence-electron chi connectivity index (χ2n) is 5.00. The molecule has 1 atom stereocenters. The number of hydroxylamine groups is 1. The van der Waals surface area contributed by atoms with Crippen LogP contribution in [0.4, 0.5) is 4.79 Å². The van der Waals surface area contributed by atoms with E-state index >= 15 is 0 Å². The van der Waals surface area contributed by atoms with Crippen LogP contribution < -0.4 is 11.2 Å². The van der Waals surface area contributed by atoms with Crippen LogP contribution in [0.15, 0.2) is 24.3 Å². The lowest BCUT2D eigenvalue weighted by molar-refractivity contribution is -0.0403. The van der Waals surface area contributed by atoms with Crippen LogP contribution in [0.5, 0.6) is 0 Å². The topological polar surface area (TPSA) is 73.6 Å². The Bertz CT molecular complexity index is 432. The Morgan fingerprint density at radius 1 is 1.47 bits per heavy atom. The Morgan fingerprint density at radius 2 is 2.16 bits per heavy atom. The first-order chi connectivity index (χ1) is 8.81. The first kappa shape index (κ1) is 15.8. The second kappa shape index (κ2) is 6.75. The van der Waals surface area contributed by atoms with E-state index in [1.165, 1.54) is 0 Å². The summed E-state index contributed by atoms with van der Waals surface area (Å²) in [7, 11) is 0. The molecule has 0 saturated heterocycles. The quantitative estimate of drug-likeness (QED) is 0.835. The molecule has 0 bridgehead atoms. The molecule has 0 aliphatic heterocycles. The first-order valence-corrected chi connectivity index (χ1v) is 6.30. The van der Waals surface area contributed by atoms with E-state index in [1.54, 1.807) is 39.0 Å². The lowest BCUT2D eigenvalue weighted by Gasteiger charge is -2.21. The minimum absolute atomic E-state index is 0.205. The number of nitrogens with two attached hydrogens (primary N) is 1. The van der Waals surface area contributed by atoms with E-state index < -0.39 is 17.8 Å². The van der Waals surface area contributed by atoms with Gasteiger partial charge in [-0.3, -0.25) is 4.84 Å². The smallest absolute Gasteiger partial charge is 0.431 e. The van der Waals surface area contributed by atoms with Crippen molar-refractivity contribution in [2.45, 2.75) is 32.5 Å². The van der Waals surface area contributed by atoms with Crippen LogP contribution in [0.25, 0.3) is 0 Å². The van der Waals surface area contributed by atoms with Gasteiger partial charge in [-0.2, -0.15) is 5.48 Å². The number of hydrogen-bond acceptors (Lipinski definition) is 4. The van der Waals surface area contributed by atoms with Crippen LogP contribution >= 0.6 is 11.6 Å². The number of carbonyl (C=O) groups is 1. The van der Waals surface area contributed by atoms with Crippen molar-refractivity contribution in [3.05, 3.63) is 34.9 Å². The normalized spacial score (nSPS) is 12.9. The van der Waals surface area contributed by atoms with Gasteiger partial charge in [-0.25, -0.2) is 4.79 Å². The third kappa shape index (κ3) is 5.92. The summed E-state index contributed by atoms with van der Waals surface area (Å²) >= 11 is 5.89. The zero-order valence-electron chi connectivity index (χ0n) is 11.3. The summed E-state index contributed by atoms with van der Waals surface area (Å²) in [5, 5.41) is 0.580. The fourth-order valence-electron chi connectivity index (χ4n) is 1.38. The van der Waals surface area contributed by atoms with Crippen molar-refractivity contribution < 1.29 is 14.4 Å². The average molecular weight is 287 g/mol. The molecular formula is C13H19ClN2O3. The fourth-order valence-corrected chi connectivity index (χ4v) is 1.58. The summed E-state index contributed by atoms with van der Waals surface area (Å²) < 4.78 is 5.05. The first-order valence-electron chi connectivity index (χ1n) is 5.92. The predicted molar refractivity (Wildman–Crippen MR) is 73.7 cm³/mol. The SMILES string of the molecule is CC(C)(C)OC(=O)NOC(CN)c1cccc(Cl)c1. The van der Waals surface area contributed by atoms with Gasteiger partial charge >= 0.3 is 6.09 Å². The summed E-state index contributed by atoms with van der Waals surface area (Å²) in [6.45, 7) is 5.51. The maximum absolute atomic E-state index is 11.5. The molecular weight excluding hydrogens is 268 g/mol. The monoisotopic (exact) mass is 286 g/mol. The molecule has 6 heteroatoms. The van der Waals surface area contributed by atoms with Crippen LogP contribution in [-0.2, 0) is 9.57 Å². The largest absolute Gasteiger partial charge is 0.442 e. The molecule has 0 heterocycles. The zero-order valence-corrected chi connectivity index (χ0v) is 12.0. The van der Waals surface area contributed by atoms with E-state index in [9.17, 15) is 4.79 Å². The highest BCUT2D eigenvalue weighted by Crippen LogP contribution is 2.19. The van der Waals surface area contributed by atoms with Crippen molar-refractivity contribution in [3.8, 4) is 0 Å². The molecule has 5 nitrogen and oxygen atoms in total. The molecule has 3 N–H and O–H groups in total. The summed E-state index contributed by atoms with van der Waals surface area (Å²) in [4.78, 5) is 16.7. The van der Waals surface area contributed by atoms with Gasteiger partial charge in [-0.15, -0.1) is 0 Å². The Hall–Kier alpha value is -1.30. The van der Waals surface area contributed by atoms with Gasteiger partial charge in [-0.1, -0.05) is 23.7 Å². The van der Waals surface area contributed by atoms with Gasteiger partial charge in [0.1, 0.15) is 11.7 Å². The summed E-state index contributed by atoms with van der Waals surface area (Å²) in [6, 6.07) is 7.09. The summed E-state index contributed by atoms with van der Waals surface area (Å²) in [5.74, 6) is 0. The number of hydrogen-bond donors (Lipinski definition) is 2. The lowest BCUT2D eigenvalue weighted by Crippen LogP contribution is -2.34. The Balaban J connectivity index is 2.56. The summed E-state index contributed by atoms with van der Waals surface area (Å²) in [6.07, 6.45) is -1.14. The lowest BCUT2D eigenvalue weighted by atomic mass is 10.1. The molecule has 1 aromatic rings. The maximum Gasteiger partial charge on any atom is 0.431 e. The standard InChI is InChI=1S/C13H19ClN2O3/c1-13(2,3)18-12(17)16-19-11(8-15)9-5-4-6-10(14)7-9/h4-7,11H,8,15H2,1-3H3,(H,16,17). The van der Waals surface area contributed by atoms with Gasteiger partial charge in [-0.05, 0) is 38.5 Å². The van der Waals surface area contributed by atoms with Gasteiger partial charge in [0.2, 0.25) is 0 Å². The molecule has 1 amide bonds. The van der Waals surface area contributed by atoms with E-state index in [-0.39, 0.29) is 6.54 Å². The number of amides is 1. The molecule has 106 valence electrons. The molecule has 1 unspecified atom stereocenters. The molecule has 0 fully saturated rings. The molecule has 0 aliphatic rings. The minimum atomic E-state index is -0.659. The molecule has 0 aromatic heterocycles. The maximum atomic E-state index is 11.5. The highest BCUT2D eigenvalue weighted by atomic mass is 35.5. The Labute approximate surface area is 118 Å². The average Bonchev–Trinajstić information content (AvgIpc) is 2.27. The molecule has 0 aliphatic carbocycles. The second-order valence-corrected chi connectivity index (χ2v) is 5.44. The molecule has 1 aromatic carbocycles. The van der Waals surface area contributed by atoms with Crippen molar-refractivity contribution in [3.63, 3.8) is 0 Å². The van der Waals surface area contributed by atoms with Crippen molar-refractivity contribution in [2.24, 2.45) is 5.73 Å². The number of carbonyl (C=O) groups excluding carboxylic acids is 1. The number of ether oxygens (including phenoxy) is 1. The highest BCUT2D eigenvalue weighted by molar-refractivity contribution is 6.30. The Morgan fingerprint density at radius 3 is 2.68 bits per heavy atom. The van der Waals surface area contributed by atoms with Gasteiger partial charge in [0.25, 0.3) is 0 Å². The van der Waals surface area contributed by atoms with Crippen molar-refractivity contribution in [1.82, 2.24) is 5.48 Å². The van der Waals surface area contributed by atoms with Crippen molar-refractivity contribution in [2.75, 3.05) is 6.54 Å². The van der Waals surface area contributed by atoms with Crippen LogP contribution in [0, 0.1) is 0 Å². The van der Waals surface area contributed by atoms with E-state index in [4.69, 9.17) is 26.9 Å².